The molecule has 0 bridgehead atoms. The van der Waals surface area contributed by atoms with Crippen molar-refractivity contribution in [2.75, 3.05) is 0 Å². The minimum absolute atomic E-state index is 0.0619. The molecule has 2 nitrogen and oxygen atoms in total. The first-order valence-electron chi connectivity index (χ1n) is 6.48. The van der Waals surface area contributed by atoms with Gasteiger partial charge in [0.15, 0.2) is 11.6 Å². The topological polar surface area (TPSA) is 34.1 Å². The first kappa shape index (κ1) is 13.5. The predicted octanol–water partition coefficient (Wildman–Crippen LogP) is 3.60. The van der Waals surface area contributed by atoms with Gasteiger partial charge in [-0.3, -0.25) is 9.59 Å². The maximum atomic E-state index is 12.6. The summed E-state index contributed by atoms with van der Waals surface area (Å²) in [6.07, 6.45) is 2.63. The molecule has 0 N–H and O–H groups in total. The Bertz CT molecular complexity index is 552. The van der Waals surface area contributed by atoms with Crippen molar-refractivity contribution in [3.8, 4) is 0 Å². The number of hydrogen-bond donors (Lipinski definition) is 0. The summed E-state index contributed by atoms with van der Waals surface area (Å²) in [6, 6.07) is 9.02. The molecule has 0 heterocycles. The third-order valence-corrected chi connectivity index (χ3v) is 3.73. The average Bonchev–Trinajstić information content (AvgIpc) is 2.41. The zero-order chi connectivity index (χ0) is 14.0. The number of carbonyl (C=O) groups excluding carboxylic acids is 2. The fourth-order valence-electron chi connectivity index (χ4n) is 2.54. The van der Waals surface area contributed by atoms with Crippen LogP contribution < -0.4 is 0 Å². The molecule has 0 radical (unpaired) electrons. The van der Waals surface area contributed by atoms with E-state index in [4.69, 9.17) is 0 Å². The summed E-state index contributed by atoms with van der Waals surface area (Å²) in [5.74, 6) is -0.840. The summed E-state index contributed by atoms with van der Waals surface area (Å²) in [6.45, 7) is 7.60. The quantitative estimate of drug-likeness (QED) is 0.469. The molecule has 1 aromatic carbocycles. The van der Waals surface area contributed by atoms with Crippen LogP contribution in [0.2, 0.25) is 0 Å². The first-order valence-corrected chi connectivity index (χ1v) is 6.48. The van der Waals surface area contributed by atoms with Gasteiger partial charge in [0.25, 0.3) is 0 Å². The van der Waals surface area contributed by atoms with Gasteiger partial charge in [0, 0.05) is 11.5 Å². The van der Waals surface area contributed by atoms with E-state index in [9.17, 15) is 9.59 Å². The number of hydrogen-bond acceptors (Lipinski definition) is 2. The van der Waals surface area contributed by atoms with Gasteiger partial charge in [-0.2, -0.15) is 0 Å². The summed E-state index contributed by atoms with van der Waals surface area (Å²) in [4.78, 5) is 24.9. The SMILES string of the molecule is C=C(C)C1CC=C(C)C(=O)C1C(=O)c1ccccc1. The Morgan fingerprint density at radius 3 is 2.47 bits per heavy atom. The van der Waals surface area contributed by atoms with Crippen LogP contribution in [0.4, 0.5) is 0 Å². The van der Waals surface area contributed by atoms with Gasteiger partial charge < -0.3 is 0 Å². The van der Waals surface area contributed by atoms with E-state index < -0.39 is 5.92 Å². The number of allylic oxidation sites excluding steroid dienone is 3. The highest BCUT2D eigenvalue weighted by atomic mass is 16.2. The molecule has 19 heavy (non-hydrogen) atoms. The molecule has 2 atom stereocenters. The third kappa shape index (κ3) is 2.58. The fourth-order valence-corrected chi connectivity index (χ4v) is 2.54. The summed E-state index contributed by atoms with van der Waals surface area (Å²) in [5, 5.41) is 0. The normalized spacial score (nSPS) is 22.8. The lowest BCUT2D eigenvalue weighted by atomic mass is 9.72. The van der Waals surface area contributed by atoms with Gasteiger partial charge in [-0.15, -0.1) is 0 Å². The number of ketones is 2. The molecule has 1 aromatic rings. The van der Waals surface area contributed by atoms with Crippen molar-refractivity contribution in [2.45, 2.75) is 20.3 Å². The molecule has 0 aromatic heterocycles. The molecule has 98 valence electrons. The highest BCUT2D eigenvalue weighted by Gasteiger charge is 2.37. The third-order valence-electron chi connectivity index (χ3n) is 3.73. The van der Waals surface area contributed by atoms with Crippen molar-refractivity contribution in [1.82, 2.24) is 0 Å². The van der Waals surface area contributed by atoms with E-state index >= 15 is 0 Å². The van der Waals surface area contributed by atoms with Crippen LogP contribution in [-0.2, 0) is 4.79 Å². The number of benzene rings is 1. The van der Waals surface area contributed by atoms with E-state index in [1.807, 2.05) is 31.2 Å². The molecule has 1 aliphatic carbocycles. The van der Waals surface area contributed by atoms with E-state index in [1.165, 1.54) is 0 Å². The summed E-state index contributed by atoms with van der Waals surface area (Å²) in [7, 11) is 0. The van der Waals surface area contributed by atoms with Crippen molar-refractivity contribution in [3.05, 3.63) is 59.7 Å². The Morgan fingerprint density at radius 2 is 1.89 bits per heavy atom. The molecule has 0 saturated heterocycles. The van der Waals surface area contributed by atoms with Crippen molar-refractivity contribution in [1.29, 1.82) is 0 Å². The molecule has 0 saturated carbocycles. The Balaban J connectivity index is 2.39. The van der Waals surface area contributed by atoms with Crippen molar-refractivity contribution < 1.29 is 9.59 Å². The van der Waals surface area contributed by atoms with Crippen molar-refractivity contribution >= 4 is 11.6 Å². The molecular weight excluding hydrogens is 236 g/mol. The van der Waals surface area contributed by atoms with Gasteiger partial charge in [0.05, 0.1) is 5.92 Å². The molecule has 2 heteroatoms. The van der Waals surface area contributed by atoms with Gasteiger partial charge in [-0.25, -0.2) is 0 Å². The second kappa shape index (κ2) is 5.35. The van der Waals surface area contributed by atoms with E-state index in [0.717, 1.165) is 12.0 Å². The van der Waals surface area contributed by atoms with Crippen molar-refractivity contribution in [3.63, 3.8) is 0 Å². The summed E-state index contributed by atoms with van der Waals surface area (Å²) < 4.78 is 0. The molecule has 0 amide bonds. The van der Waals surface area contributed by atoms with Gasteiger partial charge in [0.1, 0.15) is 0 Å². The number of carbonyl (C=O) groups is 2. The number of rotatable bonds is 3. The van der Waals surface area contributed by atoms with Crippen LogP contribution in [-0.4, -0.2) is 11.6 Å². The van der Waals surface area contributed by atoms with E-state index in [1.54, 1.807) is 19.1 Å². The Labute approximate surface area is 113 Å². The maximum Gasteiger partial charge on any atom is 0.174 e. The largest absolute Gasteiger partial charge is 0.294 e. The van der Waals surface area contributed by atoms with Gasteiger partial charge in [-0.05, 0) is 25.8 Å². The second-order valence-corrected chi connectivity index (χ2v) is 5.15. The Hall–Kier alpha value is -1.96. The molecule has 2 rings (SSSR count). The van der Waals surface area contributed by atoms with Crippen LogP contribution >= 0.6 is 0 Å². The van der Waals surface area contributed by atoms with E-state index in [0.29, 0.717) is 11.1 Å². The van der Waals surface area contributed by atoms with Gasteiger partial charge in [-0.1, -0.05) is 48.6 Å². The molecular formula is C17H18O2. The minimum Gasteiger partial charge on any atom is -0.294 e. The van der Waals surface area contributed by atoms with E-state index in [2.05, 4.69) is 6.58 Å². The zero-order valence-electron chi connectivity index (χ0n) is 11.3. The monoisotopic (exact) mass is 254 g/mol. The van der Waals surface area contributed by atoms with E-state index in [-0.39, 0.29) is 17.5 Å². The van der Waals surface area contributed by atoms with Crippen LogP contribution in [0.25, 0.3) is 0 Å². The summed E-state index contributed by atoms with van der Waals surface area (Å²) >= 11 is 0. The molecule has 0 fully saturated rings. The van der Waals surface area contributed by atoms with Crippen molar-refractivity contribution in [2.24, 2.45) is 11.8 Å². The van der Waals surface area contributed by atoms with Crippen LogP contribution in [0.3, 0.4) is 0 Å². The summed E-state index contributed by atoms with van der Waals surface area (Å²) in [5.41, 5.74) is 2.18. The smallest absolute Gasteiger partial charge is 0.174 e. The maximum absolute atomic E-state index is 12.6. The lowest BCUT2D eigenvalue weighted by Crippen LogP contribution is -2.35. The highest BCUT2D eigenvalue weighted by Crippen LogP contribution is 2.33. The van der Waals surface area contributed by atoms with Gasteiger partial charge in [0.2, 0.25) is 0 Å². The molecule has 0 spiro atoms. The minimum atomic E-state index is -0.607. The second-order valence-electron chi connectivity index (χ2n) is 5.15. The van der Waals surface area contributed by atoms with Crippen LogP contribution in [0.1, 0.15) is 30.6 Å². The van der Waals surface area contributed by atoms with Crippen LogP contribution in [0, 0.1) is 11.8 Å². The molecule has 0 aliphatic heterocycles. The Kier molecular flexibility index (Phi) is 3.79. The first-order chi connectivity index (χ1) is 9.02. The van der Waals surface area contributed by atoms with Crippen LogP contribution in [0.15, 0.2) is 54.1 Å². The number of Topliss-reactive ketones (excluding diaryl/α,β-unsaturated/α-hetero) is 2. The average molecular weight is 254 g/mol. The predicted molar refractivity (Wildman–Crippen MR) is 75.9 cm³/mol. The lowest BCUT2D eigenvalue weighted by Gasteiger charge is -2.28. The fraction of sp³-hybridized carbons (Fsp3) is 0.294. The van der Waals surface area contributed by atoms with Gasteiger partial charge >= 0.3 is 0 Å². The lowest BCUT2D eigenvalue weighted by molar-refractivity contribution is -0.119. The molecule has 1 aliphatic rings. The zero-order valence-corrected chi connectivity index (χ0v) is 11.3. The standard InChI is InChI=1S/C17H18O2/c1-11(2)14-10-9-12(3)16(18)15(14)17(19)13-7-5-4-6-8-13/h4-9,14-15H,1,10H2,2-3H3. The Morgan fingerprint density at radius 1 is 1.26 bits per heavy atom. The molecule has 2 unspecified atom stereocenters. The van der Waals surface area contributed by atoms with Crippen LogP contribution in [0.5, 0.6) is 0 Å². The highest BCUT2D eigenvalue weighted by molar-refractivity contribution is 6.16.